The number of benzene rings is 2. The number of nitrogens with zero attached hydrogens (tertiary/aromatic N) is 2. The summed E-state index contributed by atoms with van der Waals surface area (Å²) in [6.07, 6.45) is 4.63. The zero-order valence-electron chi connectivity index (χ0n) is 49.3. The predicted molar refractivity (Wildman–Crippen MR) is 308 cm³/mol. The van der Waals surface area contributed by atoms with E-state index in [4.69, 9.17) is 5.73 Å². The summed E-state index contributed by atoms with van der Waals surface area (Å²) in [6.45, 7) is 19.6. The van der Waals surface area contributed by atoms with Gasteiger partial charge in [0, 0.05) is 39.0 Å². The number of hydrogen-bond donors (Lipinski definition) is 8. The first-order chi connectivity index (χ1) is 37.9. The molecule has 8 amide bonds. The number of carbonyl (C=O) groups excluding carboxylic acids is 8. The molecule has 0 spiro atoms. The Hall–Kier alpha value is -6.37. The van der Waals surface area contributed by atoms with E-state index in [1.807, 2.05) is 116 Å². The number of carboxylic acids is 1. The van der Waals surface area contributed by atoms with Crippen molar-refractivity contribution >= 4 is 53.2 Å². The third-order valence-corrected chi connectivity index (χ3v) is 15.8. The summed E-state index contributed by atoms with van der Waals surface area (Å²) >= 11 is 0. The van der Waals surface area contributed by atoms with E-state index in [2.05, 4.69) is 31.9 Å². The highest BCUT2D eigenvalue weighted by atomic mass is 16.4. The molecule has 19 nitrogen and oxygen atoms in total. The van der Waals surface area contributed by atoms with Crippen molar-refractivity contribution < 1.29 is 48.3 Å². The summed E-state index contributed by atoms with van der Waals surface area (Å²) < 4.78 is 0. The van der Waals surface area contributed by atoms with Gasteiger partial charge in [-0.1, -0.05) is 143 Å². The third-order valence-electron chi connectivity index (χ3n) is 15.8. The molecule has 0 bridgehead atoms. The number of hydrogen-bond acceptors (Lipinski definition) is 10. The van der Waals surface area contributed by atoms with Crippen LogP contribution in [0.25, 0.3) is 0 Å². The highest BCUT2D eigenvalue weighted by Gasteiger charge is 2.45. The fraction of sp³-hybridized carbons (Fsp3) is 0.656. The summed E-state index contributed by atoms with van der Waals surface area (Å²) in [4.78, 5) is 127. The van der Waals surface area contributed by atoms with Crippen LogP contribution in [0.5, 0.6) is 0 Å². The molecule has 0 saturated carbocycles. The first-order valence-electron chi connectivity index (χ1n) is 29.4. The van der Waals surface area contributed by atoms with Crippen LogP contribution in [-0.4, -0.2) is 137 Å². The van der Waals surface area contributed by atoms with Crippen LogP contribution >= 0.6 is 0 Å². The van der Waals surface area contributed by atoms with Crippen molar-refractivity contribution in [2.75, 3.05) is 26.2 Å². The SMILES string of the molecule is CC[C@H](C)[C@H](N)C(=O)N[C@H](C(=O)N[C@@H](CC(C)C)C(=O)N[C@H](C(=O)N1CCC[C@H]1C(=O)N1CCC[C@H]1C(=O)NC[C@@H](CC(=O)NC[C@H](CC(=O)N[C@@H](CC(C)C)C(=O)O)Cc1ccccc1)Cc1ccccc1)C(C)C)[C@@H](C)CC. The number of amides is 8. The molecule has 2 aliphatic heterocycles. The van der Waals surface area contributed by atoms with E-state index in [1.54, 1.807) is 18.7 Å². The number of carboxylic acid groups (broad SMARTS) is 1. The van der Waals surface area contributed by atoms with Gasteiger partial charge >= 0.3 is 5.97 Å². The van der Waals surface area contributed by atoms with Crippen molar-refractivity contribution in [3.63, 3.8) is 0 Å². The Balaban J connectivity index is 1.44. The average molecular weight is 1110 g/mol. The number of rotatable bonds is 32. The van der Waals surface area contributed by atoms with Gasteiger partial charge in [-0.3, -0.25) is 38.4 Å². The van der Waals surface area contributed by atoms with Gasteiger partial charge in [-0.15, -0.1) is 0 Å². The minimum Gasteiger partial charge on any atom is -0.480 e. The molecule has 2 aliphatic rings. The largest absolute Gasteiger partial charge is 0.480 e. The lowest BCUT2D eigenvalue weighted by Crippen LogP contribution is -2.61. The van der Waals surface area contributed by atoms with Crippen LogP contribution in [0, 0.1) is 41.4 Å². The first-order valence-corrected chi connectivity index (χ1v) is 29.4. The van der Waals surface area contributed by atoms with E-state index in [9.17, 15) is 48.3 Å². The lowest BCUT2D eigenvalue weighted by atomic mass is 9.94. The van der Waals surface area contributed by atoms with Gasteiger partial charge in [0.25, 0.3) is 0 Å². The van der Waals surface area contributed by atoms with Gasteiger partial charge in [0.2, 0.25) is 47.3 Å². The van der Waals surface area contributed by atoms with Crippen LogP contribution < -0.4 is 37.6 Å². The van der Waals surface area contributed by atoms with Gasteiger partial charge < -0.3 is 52.5 Å². The number of carbonyl (C=O) groups is 9. The van der Waals surface area contributed by atoms with Crippen LogP contribution in [0.2, 0.25) is 0 Å². The molecule has 444 valence electrons. The molecule has 2 fully saturated rings. The Kier molecular flexibility index (Phi) is 27.1. The van der Waals surface area contributed by atoms with Crippen LogP contribution in [0.3, 0.4) is 0 Å². The lowest BCUT2D eigenvalue weighted by Gasteiger charge is -2.34. The molecule has 2 aromatic carbocycles. The van der Waals surface area contributed by atoms with Gasteiger partial charge in [0.1, 0.15) is 36.3 Å². The molecule has 0 aliphatic carbocycles. The molecule has 2 saturated heterocycles. The second-order valence-electron chi connectivity index (χ2n) is 23.7. The highest BCUT2D eigenvalue weighted by molar-refractivity contribution is 5.97. The Labute approximate surface area is 475 Å². The van der Waals surface area contributed by atoms with Crippen LogP contribution in [-0.2, 0) is 56.0 Å². The normalized spacial score (nSPS) is 18.7. The van der Waals surface area contributed by atoms with E-state index < -0.39 is 83.7 Å². The Bertz CT molecular complexity index is 2350. The Morgan fingerprint density at radius 1 is 0.575 bits per heavy atom. The van der Waals surface area contributed by atoms with E-state index in [0.29, 0.717) is 57.9 Å². The Morgan fingerprint density at radius 3 is 1.60 bits per heavy atom. The quantitative estimate of drug-likeness (QED) is 0.0489. The molecule has 4 rings (SSSR count). The highest BCUT2D eigenvalue weighted by Crippen LogP contribution is 2.27. The van der Waals surface area contributed by atoms with Gasteiger partial charge in [0.05, 0.1) is 6.04 Å². The molecule has 11 atom stereocenters. The standard InChI is InChI=1S/C61H95N9O10/c1-11-40(9)52(62)57(75)68-54(41(10)12-2)58(76)66-46(29-37(3)4)55(73)67-53(39(7)8)60(78)70-28-20-26-49(70)59(77)69-27-19-25-48(69)56(74)64-36-44(31-42-21-15-13-16-22-42)33-50(71)63-35-45(32-43-23-17-14-18-24-43)34-51(72)65-47(61(79)80)30-38(5)6/h13-18,21-24,37-41,44-49,52-54H,11-12,19-20,25-36,62H2,1-10H3,(H,63,71)(H,64,74)(H,65,72)(H,66,76)(H,67,73)(H,68,75)(H,79,80)/t40-,41-,44+,45-,46-,47-,48-,49-,52-,53-,54-/m0/s1. The Morgan fingerprint density at radius 2 is 1.07 bits per heavy atom. The monoisotopic (exact) mass is 1110 g/mol. The maximum Gasteiger partial charge on any atom is 0.326 e. The molecule has 0 aromatic heterocycles. The van der Waals surface area contributed by atoms with E-state index in [0.717, 1.165) is 11.1 Å². The zero-order chi connectivity index (χ0) is 59.2. The third kappa shape index (κ3) is 20.6. The molecule has 80 heavy (non-hydrogen) atoms. The van der Waals surface area contributed by atoms with Crippen molar-refractivity contribution in [1.29, 1.82) is 0 Å². The minimum absolute atomic E-state index is 0.00280. The second-order valence-corrected chi connectivity index (χ2v) is 23.7. The number of nitrogens with two attached hydrogens (primary N) is 1. The smallest absolute Gasteiger partial charge is 0.326 e. The number of nitrogens with one attached hydrogen (secondary N) is 6. The average Bonchev–Trinajstić information content (AvgIpc) is 4.15. The zero-order valence-corrected chi connectivity index (χ0v) is 49.3. The summed E-state index contributed by atoms with van der Waals surface area (Å²) in [5, 5.41) is 27.1. The molecule has 19 heteroatoms. The van der Waals surface area contributed by atoms with Crippen LogP contribution in [0.15, 0.2) is 60.7 Å². The van der Waals surface area contributed by atoms with E-state index in [1.165, 1.54) is 4.90 Å². The molecular formula is C61H95N9O10. The van der Waals surface area contributed by atoms with E-state index >= 15 is 0 Å². The van der Waals surface area contributed by atoms with Gasteiger partial charge in [-0.2, -0.15) is 0 Å². The van der Waals surface area contributed by atoms with Gasteiger partial charge in [0.15, 0.2) is 0 Å². The van der Waals surface area contributed by atoms with Crippen molar-refractivity contribution in [1.82, 2.24) is 41.7 Å². The topological polar surface area (TPSA) is 279 Å². The fourth-order valence-corrected chi connectivity index (χ4v) is 10.6. The summed E-state index contributed by atoms with van der Waals surface area (Å²) in [5.41, 5.74) is 8.15. The molecule has 2 heterocycles. The fourth-order valence-electron chi connectivity index (χ4n) is 10.6. The maximum atomic E-state index is 14.6. The molecule has 0 radical (unpaired) electrons. The number of likely N-dealkylation sites (tertiary alicyclic amines) is 2. The van der Waals surface area contributed by atoms with Gasteiger partial charge in [-0.05, 0) is 104 Å². The lowest BCUT2D eigenvalue weighted by molar-refractivity contribution is -0.148. The van der Waals surface area contributed by atoms with Crippen molar-refractivity contribution in [2.24, 2.45) is 47.2 Å². The molecule has 0 unspecified atom stereocenters. The van der Waals surface area contributed by atoms with Crippen molar-refractivity contribution in [2.45, 2.75) is 189 Å². The number of aliphatic carboxylic acids is 1. The molecular weight excluding hydrogens is 1020 g/mol. The van der Waals surface area contributed by atoms with Crippen molar-refractivity contribution in [3.05, 3.63) is 71.8 Å². The summed E-state index contributed by atoms with van der Waals surface area (Å²) in [5.74, 6) is -5.96. The predicted octanol–water partition coefficient (Wildman–Crippen LogP) is 4.89. The first kappa shape index (κ1) is 66.1. The second kappa shape index (κ2) is 32.8. The molecule has 2 aromatic rings. The van der Waals surface area contributed by atoms with Crippen LogP contribution in [0.4, 0.5) is 0 Å². The van der Waals surface area contributed by atoms with Gasteiger partial charge in [-0.25, -0.2) is 4.79 Å². The molecule has 9 N–H and O–H groups in total. The van der Waals surface area contributed by atoms with Crippen molar-refractivity contribution in [3.8, 4) is 0 Å². The van der Waals surface area contributed by atoms with E-state index in [-0.39, 0.29) is 98.5 Å². The summed E-state index contributed by atoms with van der Waals surface area (Å²) in [6, 6.07) is 12.6. The maximum absolute atomic E-state index is 14.6. The minimum atomic E-state index is -1.10. The summed E-state index contributed by atoms with van der Waals surface area (Å²) in [7, 11) is 0. The van der Waals surface area contributed by atoms with Crippen LogP contribution in [0.1, 0.15) is 145 Å².